The third kappa shape index (κ3) is 3.23. The van der Waals surface area contributed by atoms with Crippen LogP contribution in [0, 0.1) is 0 Å². The van der Waals surface area contributed by atoms with Crippen LogP contribution in [-0.2, 0) is 21.4 Å². The van der Waals surface area contributed by atoms with Gasteiger partial charge in [0.25, 0.3) is 9.05 Å². The van der Waals surface area contributed by atoms with Gasteiger partial charge in [-0.25, -0.2) is 8.42 Å². The van der Waals surface area contributed by atoms with Gasteiger partial charge in [0.05, 0.1) is 16.0 Å². The second-order valence-electron chi connectivity index (χ2n) is 3.45. The normalized spacial score (nSPS) is 13.3. The molecule has 0 fully saturated rings. The van der Waals surface area contributed by atoms with Crippen molar-refractivity contribution in [2.75, 3.05) is 0 Å². The average molecular weight is 341 g/mol. The Hall–Kier alpha value is -1.29. The number of hydrogen-bond donors (Lipinski definition) is 0. The maximum atomic E-state index is 12.7. The van der Waals surface area contributed by atoms with E-state index in [-0.39, 0.29) is 12.1 Å². The lowest BCUT2D eigenvalue weighted by atomic mass is 10.0. The number of hydrogen-bond acceptors (Lipinski definition) is 3. The van der Waals surface area contributed by atoms with Crippen LogP contribution in [0.2, 0.25) is 0 Å². The van der Waals surface area contributed by atoms with Crippen molar-refractivity contribution in [1.82, 2.24) is 0 Å². The first-order valence-electron chi connectivity index (χ1n) is 4.51. The van der Waals surface area contributed by atoms with Crippen LogP contribution in [0.1, 0.15) is 21.5 Å². The first kappa shape index (κ1) is 16.8. The molecule has 0 heterocycles. The van der Waals surface area contributed by atoms with E-state index in [1.807, 2.05) is 0 Å². The van der Waals surface area contributed by atoms with Crippen molar-refractivity contribution in [3.05, 3.63) is 28.8 Å². The number of carbonyl (C=O) groups excluding carboxylic acids is 1. The molecule has 112 valence electrons. The molecule has 0 bridgehead atoms. The van der Waals surface area contributed by atoms with Crippen LogP contribution < -0.4 is 0 Å². The minimum Gasteiger partial charge on any atom is -0.298 e. The van der Waals surface area contributed by atoms with Crippen LogP contribution >= 0.6 is 10.7 Å². The lowest BCUT2D eigenvalue weighted by Gasteiger charge is -2.18. The number of halogens is 7. The summed E-state index contributed by atoms with van der Waals surface area (Å²) < 4.78 is 97.7. The molecule has 3 nitrogen and oxygen atoms in total. The van der Waals surface area contributed by atoms with E-state index in [4.69, 9.17) is 10.7 Å². The van der Waals surface area contributed by atoms with E-state index in [9.17, 15) is 39.6 Å². The topological polar surface area (TPSA) is 51.2 Å². The number of benzene rings is 1. The van der Waals surface area contributed by atoms with Gasteiger partial charge in [0.2, 0.25) is 0 Å². The fourth-order valence-corrected chi connectivity index (χ4v) is 2.52. The van der Waals surface area contributed by atoms with Crippen molar-refractivity contribution in [2.24, 2.45) is 0 Å². The monoisotopic (exact) mass is 340 g/mol. The van der Waals surface area contributed by atoms with Crippen molar-refractivity contribution < 1.29 is 39.6 Å². The second-order valence-corrected chi connectivity index (χ2v) is 5.99. The van der Waals surface area contributed by atoms with Crippen LogP contribution in [0.15, 0.2) is 17.0 Å². The van der Waals surface area contributed by atoms with Crippen LogP contribution in [0.3, 0.4) is 0 Å². The summed E-state index contributed by atoms with van der Waals surface area (Å²) in [5.74, 6) is 0. The molecule has 0 aromatic heterocycles. The highest BCUT2D eigenvalue weighted by Gasteiger charge is 2.46. The Kier molecular flexibility index (Phi) is 4.12. The minimum atomic E-state index is -5.58. The molecule has 20 heavy (non-hydrogen) atoms. The van der Waals surface area contributed by atoms with Gasteiger partial charge in [0.15, 0.2) is 6.29 Å². The SMILES string of the molecule is O=Cc1c(S(=O)(=O)Cl)ccc(C(F)(F)F)c1C(F)(F)F. The number of alkyl halides is 6. The molecule has 0 amide bonds. The molecule has 0 atom stereocenters. The van der Waals surface area contributed by atoms with E-state index in [0.717, 1.165) is 0 Å². The van der Waals surface area contributed by atoms with Crippen molar-refractivity contribution in [1.29, 1.82) is 0 Å². The highest BCUT2D eigenvalue weighted by molar-refractivity contribution is 8.13. The molecular weight excluding hydrogens is 338 g/mol. The molecule has 1 rings (SSSR count). The van der Waals surface area contributed by atoms with Crippen LogP contribution in [0.4, 0.5) is 26.3 Å². The minimum absolute atomic E-state index is 0.0922. The zero-order chi connectivity index (χ0) is 15.9. The standard InChI is InChI=1S/C9H3ClF6O3S/c10-20(18,19)6-2-1-5(8(11,12)13)7(4(6)3-17)9(14,15)16/h1-3H. The lowest BCUT2D eigenvalue weighted by Crippen LogP contribution is -2.20. The summed E-state index contributed by atoms with van der Waals surface area (Å²) in [6.45, 7) is 0. The van der Waals surface area contributed by atoms with Gasteiger partial charge >= 0.3 is 12.4 Å². The van der Waals surface area contributed by atoms with Gasteiger partial charge < -0.3 is 0 Å². The molecule has 11 heteroatoms. The molecule has 0 radical (unpaired) electrons. The van der Waals surface area contributed by atoms with E-state index in [2.05, 4.69) is 0 Å². The molecule has 0 aliphatic carbocycles. The van der Waals surface area contributed by atoms with Gasteiger partial charge in [0.1, 0.15) is 0 Å². The van der Waals surface area contributed by atoms with E-state index in [1.165, 1.54) is 0 Å². The van der Waals surface area contributed by atoms with Crippen molar-refractivity contribution in [2.45, 2.75) is 17.2 Å². The summed E-state index contributed by atoms with van der Waals surface area (Å²) in [7, 11) is -0.0211. The van der Waals surface area contributed by atoms with Crippen LogP contribution in [0.5, 0.6) is 0 Å². The van der Waals surface area contributed by atoms with Crippen molar-refractivity contribution in [3.63, 3.8) is 0 Å². The molecule has 1 aromatic carbocycles. The van der Waals surface area contributed by atoms with E-state index < -0.39 is 49.3 Å². The molecule has 0 unspecified atom stereocenters. The maximum absolute atomic E-state index is 12.7. The molecule has 0 aliphatic heterocycles. The quantitative estimate of drug-likeness (QED) is 0.470. The summed E-state index contributed by atoms with van der Waals surface area (Å²) in [6, 6.07) is 0.106. The second kappa shape index (κ2) is 4.92. The first-order chi connectivity index (χ1) is 8.80. The highest BCUT2D eigenvalue weighted by Crippen LogP contribution is 2.43. The van der Waals surface area contributed by atoms with E-state index in [1.54, 1.807) is 0 Å². The fourth-order valence-electron chi connectivity index (χ4n) is 1.47. The zero-order valence-electron chi connectivity index (χ0n) is 9.01. The molecule has 0 N–H and O–H groups in total. The third-order valence-corrected chi connectivity index (χ3v) is 3.55. The zero-order valence-corrected chi connectivity index (χ0v) is 10.6. The Labute approximate surface area is 112 Å². The van der Waals surface area contributed by atoms with Crippen LogP contribution in [0.25, 0.3) is 0 Å². The van der Waals surface area contributed by atoms with Gasteiger partial charge in [0, 0.05) is 16.2 Å². The van der Waals surface area contributed by atoms with Crippen LogP contribution in [-0.4, -0.2) is 14.7 Å². The largest absolute Gasteiger partial charge is 0.417 e. The predicted molar refractivity (Wildman–Crippen MR) is 54.9 cm³/mol. The molecule has 1 aromatic rings. The Balaban J connectivity index is 3.94. The Morgan fingerprint density at radius 2 is 1.50 bits per heavy atom. The molecule has 0 spiro atoms. The third-order valence-electron chi connectivity index (χ3n) is 2.17. The molecule has 0 saturated carbocycles. The molecule has 0 saturated heterocycles. The van der Waals surface area contributed by atoms with Gasteiger partial charge in [-0.15, -0.1) is 0 Å². The fraction of sp³-hybridized carbons (Fsp3) is 0.222. The van der Waals surface area contributed by atoms with Gasteiger partial charge in [-0.05, 0) is 12.1 Å². The lowest BCUT2D eigenvalue weighted by molar-refractivity contribution is -0.162. The summed E-state index contributed by atoms with van der Waals surface area (Å²) in [5.41, 5.74) is -6.24. The molecule has 0 aliphatic rings. The number of carbonyl (C=O) groups is 1. The molecular formula is C9H3ClF6O3S. The Morgan fingerprint density at radius 3 is 1.80 bits per heavy atom. The van der Waals surface area contributed by atoms with E-state index in [0.29, 0.717) is 0 Å². The van der Waals surface area contributed by atoms with Crippen molar-refractivity contribution in [3.8, 4) is 0 Å². The summed E-state index contributed by atoms with van der Waals surface area (Å²) in [5, 5.41) is 0. The van der Waals surface area contributed by atoms with Crippen molar-refractivity contribution >= 4 is 26.0 Å². The Bertz CT molecular complexity index is 647. The highest BCUT2D eigenvalue weighted by atomic mass is 35.7. The predicted octanol–water partition coefficient (Wildman–Crippen LogP) is 3.46. The smallest absolute Gasteiger partial charge is 0.298 e. The summed E-state index contributed by atoms with van der Waals surface area (Å²) in [6.07, 6.45) is -11.6. The first-order valence-corrected chi connectivity index (χ1v) is 6.82. The van der Waals surface area contributed by atoms with Gasteiger partial charge in [-0.3, -0.25) is 4.79 Å². The summed E-state index contributed by atoms with van der Waals surface area (Å²) in [4.78, 5) is 9.29. The van der Waals surface area contributed by atoms with Gasteiger partial charge in [-0.1, -0.05) is 0 Å². The maximum Gasteiger partial charge on any atom is 0.417 e. The average Bonchev–Trinajstić information content (AvgIpc) is 2.23. The van der Waals surface area contributed by atoms with E-state index >= 15 is 0 Å². The Morgan fingerprint density at radius 1 is 1.00 bits per heavy atom. The summed E-state index contributed by atoms with van der Waals surface area (Å²) >= 11 is 0. The number of aldehydes is 1. The number of rotatable bonds is 2. The van der Waals surface area contributed by atoms with Gasteiger partial charge in [-0.2, -0.15) is 26.3 Å².